The average molecular weight is 225 g/mol. The molecule has 0 heterocycles. The minimum Gasteiger partial charge on any atom is -0.370 e. The van der Waals surface area contributed by atoms with Gasteiger partial charge in [-0.1, -0.05) is 0 Å². The number of hydrogen-bond donors (Lipinski definition) is 2. The van der Waals surface area contributed by atoms with E-state index >= 15 is 0 Å². The molecule has 16 heavy (non-hydrogen) atoms. The number of aliphatic imine (C=N–C) groups is 1. The zero-order valence-corrected chi connectivity index (χ0v) is 8.71. The number of halogens is 2. The van der Waals surface area contributed by atoms with Gasteiger partial charge in [0.2, 0.25) is 0 Å². The second-order valence-electron chi connectivity index (χ2n) is 3.86. The van der Waals surface area contributed by atoms with E-state index in [0.717, 1.165) is 31.0 Å². The fourth-order valence-electron chi connectivity index (χ4n) is 1.32. The molecule has 1 aliphatic rings. The molecular weight excluding hydrogens is 212 g/mol. The Hall–Kier alpha value is -1.65. The highest BCUT2D eigenvalue weighted by Gasteiger charge is 2.21. The maximum absolute atomic E-state index is 13.2. The molecule has 0 atom stereocenters. The van der Waals surface area contributed by atoms with Crippen molar-refractivity contribution in [1.82, 2.24) is 5.32 Å². The Morgan fingerprint density at radius 1 is 1.44 bits per heavy atom. The fourth-order valence-corrected chi connectivity index (χ4v) is 1.32. The number of rotatable bonds is 3. The number of nitrogens with zero attached hydrogens (tertiary/aromatic N) is 1. The van der Waals surface area contributed by atoms with E-state index in [1.807, 2.05) is 0 Å². The second-order valence-corrected chi connectivity index (χ2v) is 3.86. The number of nitrogens with one attached hydrogen (secondary N) is 1. The van der Waals surface area contributed by atoms with Crippen molar-refractivity contribution in [3.8, 4) is 0 Å². The molecular formula is C11H13F2N3. The molecule has 1 saturated carbocycles. The number of hydrogen-bond acceptors (Lipinski definition) is 1. The number of benzene rings is 1. The molecule has 1 aliphatic carbocycles. The molecule has 0 unspecified atom stereocenters. The Bertz CT molecular complexity index is 414. The smallest absolute Gasteiger partial charge is 0.189 e. The molecule has 0 aromatic heterocycles. The fraction of sp³-hybridized carbons (Fsp3) is 0.364. The molecule has 3 N–H and O–H groups in total. The van der Waals surface area contributed by atoms with Crippen LogP contribution in [0.1, 0.15) is 18.4 Å². The lowest BCUT2D eigenvalue weighted by Gasteiger charge is -2.04. The summed E-state index contributed by atoms with van der Waals surface area (Å²) < 4.78 is 26.0. The number of nitrogens with two attached hydrogens (primary N) is 1. The summed E-state index contributed by atoms with van der Waals surface area (Å²) in [5.74, 6) is -0.657. The summed E-state index contributed by atoms with van der Waals surface area (Å²) in [7, 11) is 0. The van der Waals surface area contributed by atoms with Crippen LogP contribution in [0.2, 0.25) is 0 Å². The highest BCUT2D eigenvalue weighted by molar-refractivity contribution is 5.78. The van der Waals surface area contributed by atoms with Gasteiger partial charge in [-0.15, -0.1) is 0 Å². The van der Waals surface area contributed by atoms with Gasteiger partial charge in [0.05, 0.1) is 6.54 Å². The van der Waals surface area contributed by atoms with Gasteiger partial charge in [0.1, 0.15) is 11.6 Å². The first-order chi connectivity index (χ1) is 7.65. The van der Waals surface area contributed by atoms with Crippen LogP contribution in [-0.2, 0) is 6.54 Å². The van der Waals surface area contributed by atoms with Crippen molar-refractivity contribution in [1.29, 1.82) is 0 Å². The topological polar surface area (TPSA) is 50.4 Å². The van der Waals surface area contributed by atoms with Crippen LogP contribution in [0.4, 0.5) is 8.78 Å². The lowest BCUT2D eigenvalue weighted by molar-refractivity contribution is 0.585. The summed E-state index contributed by atoms with van der Waals surface area (Å²) in [6, 6.07) is 3.70. The highest BCUT2D eigenvalue weighted by Crippen LogP contribution is 2.18. The van der Waals surface area contributed by atoms with E-state index in [0.29, 0.717) is 6.04 Å². The lowest BCUT2D eigenvalue weighted by Crippen LogP contribution is -2.33. The van der Waals surface area contributed by atoms with Gasteiger partial charge in [-0.05, 0) is 31.0 Å². The zero-order chi connectivity index (χ0) is 11.5. The Morgan fingerprint density at radius 2 is 2.19 bits per heavy atom. The largest absolute Gasteiger partial charge is 0.370 e. The monoisotopic (exact) mass is 225 g/mol. The van der Waals surface area contributed by atoms with Crippen LogP contribution in [0.5, 0.6) is 0 Å². The van der Waals surface area contributed by atoms with Crippen LogP contribution in [0.25, 0.3) is 0 Å². The first-order valence-electron chi connectivity index (χ1n) is 5.15. The van der Waals surface area contributed by atoms with Gasteiger partial charge in [-0.3, -0.25) is 0 Å². The van der Waals surface area contributed by atoms with E-state index in [1.165, 1.54) is 0 Å². The van der Waals surface area contributed by atoms with Crippen molar-refractivity contribution in [3.05, 3.63) is 35.4 Å². The third kappa shape index (κ3) is 2.92. The summed E-state index contributed by atoms with van der Waals surface area (Å²) in [4.78, 5) is 3.95. The molecule has 1 aromatic rings. The third-order valence-corrected chi connectivity index (χ3v) is 2.36. The Balaban J connectivity index is 1.99. The average Bonchev–Trinajstić information content (AvgIpc) is 3.03. The van der Waals surface area contributed by atoms with Crippen LogP contribution in [0.3, 0.4) is 0 Å². The summed E-state index contributed by atoms with van der Waals surface area (Å²) in [5.41, 5.74) is 5.78. The SMILES string of the molecule is NC(=NCc1cc(F)ccc1F)NC1CC1. The quantitative estimate of drug-likeness (QED) is 0.605. The van der Waals surface area contributed by atoms with Crippen LogP contribution in [-0.4, -0.2) is 12.0 Å². The van der Waals surface area contributed by atoms with Gasteiger partial charge < -0.3 is 11.1 Å². The van der Waals surface area contributed by atoms with E-state index < -0.39 is 11.6 Å². The first kappa shape index (κ1) is 10.9. The molecule has 2 rings (SSSR count). The molecule has 0 saturated heterocycles. The van der Waals surface area contributed by atoms with Crippen molar-refractivity contribution in [3.63, 3.8) is 0 Å². The van der Waals surface area contributed by atoms with E-state index in [2.05, 4.69) is 10.3 Å². The lowest BCUT2D eigenvalue weighted by atomic mass is 10.2. The molecule has 3 nitrogen and oxygen atoms in total. The molecule has 0 aliphatic heterocycles. The van der Waals surface area contributed by atoms with Crippen molar-refractivity contribution >= 4 is 5.96 Å². The zero-order valence-electron chi connectivity index (χ0n) is 8.71. The van der Waals surface area contributed by atoms with E-state index in [1.54, 1.807) is 0 Å². The maximum atomic E-state index is 13.2. The van der Waals surface area contributed by atoms with Crippen LogP contribution in [0.15, 0.2) is 23.2 Å². The van der Waals surface area contributed by atoms with E-state index in [4.69, 9.17) is 5.73 Å². The van der Waals surface area contributed by atoms with E-state index in [-0.39, 0.29) is 18.1 Å². The summed E-state index contributed by atoms with van der Waals surface area (Å²) in [5, 5.41) is 2.97. The minimum absolute atomic E-state index is 0.0507. The molecule has 0 amide bonds. The number of guanidine groups is 1. The highest BCUT2D eigenvalue weighted by atomic mass is 19.1. The maximum Gasteiger partial charge on any atom is 0.189 e. The molecule has 0 bridgehead atoms. The molecule has 1 aromatic carbocycles. The van der Waals surface area contributed by atoms with E-state index in [9.17, 15) is 8.78 Å². The van der Waals surface area contributed by atoms with Gasteiger partial charge in [0, 0.05) is 11.6 Å². The Morgan fingerprint density at radius 3 is 2.88 bits per heavy atom. The molecule has 86 valence electrons. The van der Waals surface area contributed by atoms with Gasteiger partial charge >= 0.3 is 0 Å². The second kappa shape index (κ2) is 4.47. The van der Waals surface area contributed by atoms with Gasteiger partial charge in [-0.25, -0.2) is 13.8 Å². The van der Waals surface area contributed by atoms with Crippen molar-refractivity contribution < 1.29 is 8.78 Å². The minimum atomic E-state index is -0.472. The predicted octanol–water partition coefficient (Wildman–Crippen LogP) is 1.53. The van der Waals surface area contributed by atoms with Crippen LogP contribution >= 0.6 is 0 Å². The van der Waals surface area contributed by atoms with Gasteiger partial charge in [0.25, 0.3) is 0 Å². The van der Waals surface area contributed by atoms with Gasteiger partial charge in [-0.2, -0.15) is 0 Å². The first-order valence-corrected chi connectivity index (χ1v) is 5.15. The molecule has 0 radical (unpaired) electrons. The van der Waals surface area contributed by atoms with Crippen LogP contribution < -0.4 is 11.1 Å². The summed E-state index contributed by atoms with van der Waals surface area (Å²) >= 11 is 0. The molecule has 5 heteroatoms. The standard InChI is InChI=1S/C11H13F2N3/c12-8-1-4-10(13)7(5-8)6-15-11(14)16-9-2-3-9/h1,4-5,9H,2-3,6H2,(H3,14,15,16). The molecule has 1 fully saturated rings. The van der Waals surface area contributed by atoms with Crippen molar-refractivity contribution in [2.75, 3.05) is 0 Å². The Kier molecular flexibility index (Phi) is 3.03. The third-order valence-electron chi connectivity index (χ3n) is 2.36. The predicted molar refractivity (Wildman–Crippen MR) is 57.8 cm³/mol. The van der Waals surface area contributed by atoms with Crippen molar-refractivity contribution in [2.24, 2.45) is 10.7 Å². The summed E-state index contributed by atoms with van der Waals surface area (Å²) in [6.45, 7) is 0.0507. The molecule has 0 spiro atoms. The summed E-state index contributed by atoms with van der Waals surface area (Å²) in [6.07, 6.45) is 2.18. The van der Waals surface area contributed by atoms with Crippen molar-refractivity contribution in [2.45, 2.75) is 25.4 Å². The normalized spacial score (nSPS) is 16.2. The van der Waals surface area contributed by atoms with Gasteiger partial charge in [0.15, 0.2) is 5.96 Å². The Labute approximate surface area is 92.4 Å². The van der Waals surface area contributed by atoms with Crippen LogP contribution in [0, 0.1) is 11.6 Å².